The Morgan fingerprint density at radius 2 is 2.36 bits per heavy atom. The molecule has 1 atom stereocenters. The van der Waals surface area contributed by atoms with Crippen LogP contribution in [0.15, 0.2) is 11.6 Å². The van der Waals surface area contributed by atoms with Gasteiger partial charge in [-0.05, 0) is 25.2 Å². The van der Waals surface area contributed by atoms with Crippen LogP contribution in [0.3, 0.4) is 0 Å². The second-order valence-corrected chi connectivity index (χ2v) is 3.53. The summed E-state index contributed by atoms with van der Waals surface area (Å²) in [5, 5.41) is 8.64. The number of nitrogens with zero attached hydrogens (tertiary/aromatic N) is 1. The summed E-state index contributed by atoms with van der Waals surface area (Å²) in [5.74, 6) is 0.965. The van der Waals surface area contributed by atoms with Crippen molar-refractivity contribution in [2.24, 2.45) is 11.8 Å². The second kappa shape index (κ2) is 3.57. The molecule has 11 heavy (non-hydrogen) atoms. The van der Waals surface area contributed by atoms with E-state index in [1.165, 1.54) is 5.57 Å². The lowest BCUT2D eigenvalue weighted by atomic mass is 9.86. The molecule has 0 spiro atoms. The lowest BCUT2D eigenvalue weighted by molar-refractivity contribution is 0.541. The Labute approximate surface area is 68.7 Å². The van der Waals surface area contributed by atoms with E-state index < -0.39 is 0 Å². The normalized spacial score (nSPS) is 24.5. The SMILES string of the molecule is CC(C)C1=CCC(C#N)CC1. The van der Waals surface area contributed by atoms with E-state index in [0.29, 0.717) is 5.92 Å². The van der Waals surface area contributed by atoms with Crippen LogP contribution < -0.4 is 0 Å². The zero-order valence-electron chi connectivity index (χ0n) is 7.30. The monoisotopic (exact) mass is 149 g/mol. The van der Waals surface area contributed by atoms with Crippen molar-refractivity contribution in [1.82, 2.24) is 0 Å². The minimum Gasteiger partial charge on any atom is -0.198 e. The van der Waals surface area contributed by atoms with Crippen molar-refractivity contribution in [3.63, 3.8) is 0 Å². The van der Waals surface area contributed by atoms with Gasteiger partial charge in [-0.2, -0.15) is 5.26 Å². The highest BCUT2D eigenvalue weighted by Crippen LogP contribution is 2.27. The van der Waals surface area contributed by atoms with Crippen LogP contribution in [0.4, 0.5) is 0 Å². The van der Waals surface area contributed by atoms with Crippen LogP contribution in [0.1, 0.15) is 33.1 Å². The summed E-state index contributed by atoms with van der Waals surface area (Å²) in [5.41, 5.74) is 1.54. The molecule has 0 fully saturated rings. The molecule has 0 aromatic heterocycles. The van der Waals surface area contributed by atoms with Crippen LogP contribution in [-0.2, 0) is 0 Å². The summed E-state index contributed by atoms with van der Waals surface area (Å²) >= 11 is 0. The first-order chi connectivity index (χ1) is 5.24. The van der Waals surface area contributed by atoms with Crippen molar-refractivity contribution >= 4 is 0 Å². The first kappa shape index (κ1) is 8.33. The number of nitriles is 1. The molecule has 1 nitrogen and oxygen atoms in total. The van der Waals surface area contributed by atoms with E-state index in [-0.39, 0.29) is 5.92 Å². The van der Waals surface area contributed by atoms with Crippen molar-refractivity contribution in [3.05, 3.63) is 11.6 Å². The fourth-order valence-electron chi connectivity index (χ4n) is 1.50. The molecule has 0 saturated carbocycles. The van der Waals surface area contributed by atoms with Crippen LogP contribution in [0.5, 0.6) is 0 Å². The molecule has 1 rings (SSSR count). The molecule has 0 bridgehead atoms. The molecule has 0 aliphatic heterocycles. The van der Waals surface area contributed by atoms with Crippen molar-refractivity contribution < 1.29 is 0 Å². The predicted molar refractivity (Wildman–Crippen MR) is 45.9 cm³/mol. The van der Waals surface area contributed by atoms with Crippen LogP contribution >= 0.6 is 0 Å². The van der Waals surface area contributed by atoms with E-state index in [2.05, 4.69) is 26.0 Å². The Morgan fingerprint density at radius 3 is 2.73 bits per heavy atom. The van der Waals surface area contributed by atoms with Gasteiger partial charge >= 0.3 is 0 Å². The fraction of sp³-hybridized carbons (Fsp3) is 0.700. The third-order valence-corrected chi connectivity index (χ3v) is 2.37. The summed E-state index contributed by atoms with van der Waals surface area (Å²) in [6, 6.07) is 2.32. The molecule has 0 N–H and O–H groups in total. The molecule has 1 aliphatic rings. The highest BCUT2D eigenvalue weighted by Gasteiger charge is 2.14. The largest absolute Gasteiger partial charge is 0.198 e. The maximum Gasteiger partial charge on any atom is 0.0659 e. The van der Waals surface area contributed by atoms with Gasteiger partial charge in [-0.25, -0.2) is 0 Å². The summed E-state index contributed by atoms with van der Waals surface area (Å²) in [7, 11) is 0. The third kappa shape index (κ3) is 2.08. The Balaban J connectivity index is 2.52. The number of hydrogen-bond acceptors (Lipinski definition) is 1. The van der Waals surface area contributed by atoms with Gasteiger partial charge in [0.1, 0.15) is 0 Å². The molecule has 1 aliphatic carbocycles. The Kier molecular flexibility index (Phi) is 2.70. The Hall–Kier alpha value is -0.770. The molecule has 0 aromatic carbocycles. The van der Waals surface area contributed by atoms with E-state index in [0.717, 1.165) is 19.3 Å². The molecule has 0 saturated heterocycles. The van der Waals surface area contributed by atoms with Crippen molar-refractivity contribution in [1.29, 1.82) is 5.26 Å². The highest BCUT2D eigenvalue weighted by atomic mass is 14.3. The molecule has 1 unspecified atom stereocenters. The van der Waals surface area contributed by atoms with Crippen LogP contribution in [0.2, 0.25) is 0 Å². The van der Waals surface area contributed by atoms with Crippen LogP contribution in [0, 0.1) is 23.2 Å². The van der Waals surface area contributed by atoms with E-state index >= 15 is 0 Å². The van der Waals surface area contributed by atoms with Gasteiger partial charge < -0.3 is 0 Å². The molecular weight excluding hydrogens is 134 g/mol. The quantitative estimate of drug-likeness (QED) is 0.526. The average molecular weight is 149 g/mol. The van der Waals surface area contributed by atoms with Gasteiger partial charge in [0, 0.05) is 0 Å². The smallest absolute Gasteiger partial charge is 0.0659 e. The number of rotatable bonds is 1. The lowest BCUT2D eigenvalue weighted by Gasteiger charge is -2.18. The van der Waals surface area contributed by atoms with Gasteiger partial charge in [-0.15, -0.1) is 0 Å². The molecular formula is C10H15N. The van der Waals surface area contributed by atoms with Gasteiger partial charge in [0.25, 0.3) is 0 Å². The van der Waals surface area contributed by atoms with Crippen LogP contribution in [0.25, 0.3) is 0 Å². The first-order valence-corrected chi connectivity index (χ1v) is 4.32. The van der Waals surface area contributed by atoms with E-state index in [1.54, 1.807) is 0 Å². The Bertz CT molecular complexity index is 195. The third-order valence-electron chi connectivity index (χ3n) is 2.37. The van der Waals surface area contributed by atoms with Crippen molar-refractivity contribution in [2.45, 2.75) is 33.1 Å². The molecule has 1 heteroatoms. The minimum atomic E-state index is 0.289. The minimum absolute atomic E-state index is 0.289. The van der Waals surface area contributed by atoms with Gasteiger partial charge in [-0.3, -0.25) is 0 Å². The van der Waals surface area contributed by atoms with E-state index in [1.807, 2.05) is 0 Å². The summed E-state index contributed by atoms with van der Waals surface area (Å²) in [6.45, 7) is 4.44. The topological polar surface area (TPSA) is 23.8 Å². The highest BCUT2D eigenvalue weighted by molar-refractivity contribution is 5.11. The molecule has 0 radical (unpaired) electrons. The molecule has 60 valence electrons. The molecule has 0 heterocycles. The van der Waals surface area contributed by atoms with Crippen molar-refractivity contribution in [2.75, 3.05) is 0 Å². The van der Waals surface area contributed by atoms with Crippen LogP contribution in [-0.4, -0.2) is 0 Å². The van der Waals surface area contributed by atoms with Gasteiger partial charge in [-0.1, -0.05) is 25.5 Å². The lowest BCUT2D eigenvalue weighted by Crippen LogP contribution is -2.06. The maximum absolute atomic E-state index is 8.64. The second-order valence-electron chi connectivity index (χ2n) is 3.53. The Morgan fingerprint density at radius 1 is 1.64 bits per heavy atom. The fourth-order valence-corrected chi connectivity index (χ4v) is 1.50. The number of hydrogen-bond donors (Lipinski definition) is 0. The summed E-state index contributed by atoms with van der Waals surface area (Å²) in [6.07, 6.45) is 5.43. The molecule has 0 aromatic rings. The first-order valence-electron chi connectivity index (χ1n) is 4.32. The number of allylic oxidation sites excluding steroid dienone is 2. The van der Waals surface area contributed by atoms with Gasteiger partial charge in [0.2, 0.25) is 0 Å². The predicted octanol–water partition coefficient (Wildman–Crippen LogP) is 2.89. The molecule has 0 amide bonds. The average Bonchev–Trinajstić information content (AvgIpc) is 2.05. The van der Waals surface area contributed by atoms with Crippen molar-refractivity contribution in [3.8, 4) is 6.07 Å². The zero-order chi connectivity index (χ0) is 8.27. The zero-order valence-corrected chi connectivity index (χ0v) is 7.30. The van der Waals surface area contributed by atoms with Gasteiger partial charge in [0.05, 0.1) is 12.0 Å². The van der Waals surface area contributed by atoms with E-state index in [4.69, 9.17) is 5.26 Å². The summed E-state index contributed by atoms with van der Waals surface area (Å²) in [4.78, 5) is 0. The summed E-state index contributed by atoms with van der Waals surface area (Å²) < 4.78 is 0. The maximum atomic E-state index is 8.64. The standard InChI is InChI=1S/C10H15N/c1-8(2)10-5-3-9(7-11)4-6-10/h5,8-9H,3-4,6H2,1-2H3. The van der Waals surface area contributed by atoms with Gasteiger partial charge in [0.15, 0.2) is 0 Å². The van der Waals surface area contributed by atoms with E-state index in [9.17, 15) is 0 Å².